The minimum Gasteiger partial charge on any atom is -0.353 e. The molecule has 1 unspecified atom stereocenters. The third kappa shape index (κ3) is 4.22. The Labute approximate surface area is 214 Å². The molecule has 6 rings (SSSR count). The topological polar surface area (TPSA) is 73.8 Å². The molecule has 4 aromatic rings. The van der Waals surface area contributed by atoms with E-state index in [2.05, 4.69) is 11.0 Å². The van der Waals surface area contributed by atoms with Crippen LogP contribution in [0.2, 0.25) is 0 Å². The highest BCUT2D eigenvalue weighted by molar-refractivity contribution is 6.22. The number of para-hydroxylation sites is 1. The van der Waals surface area contributed by atoms with Crippen LogP contribution in [0, 0.1) is 0 Å². The second-order valence-corrected chi connectivity index (χ2v) is 9.41. The Morgan fingerprint density at radius 1 is 0.730 bits per heavy atom. The number of nitrogens with zero attached hydrogens (tertiary/aromatic N) is 4. The third-order valence-electron chi connectivity index (χ3n) is 7.19. The first kappa shape index (κ1) is 22.9. The van der Waals surface area contributed by atoms with E-state index in [1.807, 2.05) is 60.7 Å². The van der Waals surface area contributed by atoms with Crippen molar-refractivity contribution in [1.29, 1.82) is 0 Å². The molecule has 184 valence electrons. The minimum atomic E-state index is -0.903. The summed E-state index contributed by atoms with van der Waals surface area (Å²) >= 11 is 0. The molecule has 1 fully saturated rings. The van der Waals surface area contributed by atoms with Crippen LogP contribution in [0.4, 0.5) is 5.82 Å². The Bertz CT molecular complexity index is 1460. The van der Waals surface area contributed by atoms with Gasteiger partial charge >= 0.3 is 0 Å². The number of carbonyl (C=O) groups excluding carboxylic acids is 3. The standard InChI is InChI=1S/C30H26N4O3/c35-28-23-11-5-6-12-24(23)29(36)34(28)26(20-21-8-2-1-3-9-21)30(37)33-18-16-32(17-19-33)27-15-14-22-10-4-7-13-25(22)31-27/h1-15,26H,16-20H2. The lowest BCUT2D eigenvalue weighted by molar-refractivity contribution is -0.135. The summed E-state index contributed by atoms with van der Waals surface area (Å²) in [5, 5.41) is 1.09. The molecule has 2 aliphatic heterocycles. The van der Waals surface area contributed by atoms with E-state index in [0.29, 0.717) is 37.3 Å². The quantitative estimate of drug-likeness (QED) is 0.398. The van der Waals surface area contributed by atoms with Gasteiger partial charge in [-0.25, -0.2) is 4.98 Å². The van der Waals surface area contributed by atoms with Crippen LogP contribution in [0.15, 0.2) is 91.0 Å². The number of fused-ring (bicyclic) bond motifs is 2. The number of hydrogen-bond acceptors (Lipinski definition) is 5. The second kappa shape index (κ2) is 9.50. The number of amides is 3. The zero-order chi connectivity index (χ0) is 25.4. The monoisotopic (exact) mass is 490 g/mol. The Morgan fingerprint density at radius 3 is 2.05 bits per heavy atom. The van der Waals surface area contributed by atoms with Gasteiger partial charge in [0.25, 0.3) is 11.8 Å². The molecule has 0 bridgehead atoms. The molecule has 1 aromatic heterocycles. The maximum atomic E-state index is 13.9. The molecular formula is C30H26N4O3. The van der Waals surface area contributed by atoms with Gasteiger partial charge in [-0.1, -0.05) is 60.7 Å². The van der Waals surface area contributed by atoms with Crippen molar-refractivity contribution < 1.29 is 14.4 Å². The maximum absolute atomic E-state index is 13.9. The number of aromatic nitrogens is 1. The van der Waals surface area contributed by atoms with Crippen LogP contribution in [0.5, 0.6) is 0 Å². The summed E-state index contributed by atoms with van der Waals surface area (Å²) < 4.78 is 0. The molecule has 3 heterocycles. The van der Waals surface area contributed by atoms with Crippen LogP contribution in [0.3, 0.4) is 0 Å². The number of piperazine rings is 1. The van der Waals surface area contributed by atoms with Crippen molar-refractivity contribution in [1.82, 2.24) is 14.8 Å². The molecule has 0 N–H and O–H groups in total. The fraction of sp³-hybridized carbons (Fsp3) is 0.200. The molecule has 0 spiro atoms. The molecule has 7 heteroatoms. The SMILES string of the molecule is O=C(C(Cc1ccccc1)N1C(=O)c2ccccc2C1=O)N1CCN(c2ccc3ccccc3n2)CC1. The van der Waals surface area contributed by atoms with Gasteiger partial charge in [0.2, 0.25) is 5.91 Å². The fourth-order valence-electron chi connectivity index (χ4n) is 5.22. The molecule has 0 aliphatic carbocycles. The van der Waals surface area contributed by atoms with E-state index < -0.39 is 17.9 Å². The number of imide groups is 1. The van der Waals surface area contributed by atoms with Gasteiger partial charge in [-0.15, -0.1) is 0 Å². The van der Waals surface area contributed by atoms with Gasteiger partial charge in [0.15, 0.2) is 0 Å². The summed E-state index contributed by atoms with van der Waals surface area (Å²) in [5.41, 5.74) is 2.54. The van der Waals surface area contributed by atoms with Crippen molar-refractivity contribution in [2.45, 2.75) is 12.5 Å². The van der Waals surface area contributed by atoms with Crippen LogP contribution in [0.25, 0.3) is 10.9 Å². The summed E-state index contributed by atoms with van der Waals surface area (Å²) in [6.07, 6.45) is 0.275. The second-order valence-electron chi connectivity index (χ2n) is 9.41. The Kier molecular flexibility index (Phi) is 5.88. The summed E-state index contributed by atoms with van der Waals surface area (Å²) in [5.74, 6) is -0.140. The molecule has 1 atom stereocenters. The van der Waals surface area contributed by atoms with Gasteiger partial charge < -0.3 is 9.80 Å². The fourth-order valence-corrected chi connectivity index (χ4v) is 5.22. The van der Waals surface area contributed by atoms with E-state index in [-0.39, 0.29) is 12.3 Å². The summed E-state index contributed by atoms with van der Waals surface area (Å²) in [6.45, 7) is 2.22. The summed E-state index contributed by atoms with van der Waals surface area (Å²) in [4.78, 5) is 50.4. The average Bonchev–Trinajstić information content (AvgIpc) is 3.21. The lowest BCUT2D eigenvalue weighted by atomic mass is 10.0. The van der Waals surface area contributed by atoms with Crippen LogP contribution >= 0.6 is 0 Å². The van der Waals surface area contributed by atoms with E-state index in [4.69, 9.17) is 4.98 Å². The molecule has 3 aromatic carbocycles. The van der Waals surface area contributed by atoms with Crippen molar-refractivity contribution in [2.75, 3.05) is 31.1 Å². The van der Waals surface area contributed by atoms with Gasteiger partial charge in [-0.3, -0.25) is 19.3 Å². The number of anilines is 1. The van der Waals surface area contributed by atoms with Crippen molar-refractivity contribution in [2.24, 2.45) is 0 Å². The van der Waals surface area contributed by atoms with E-state index >= 15 is 0 Å². The van der Waals surface area contributed by atoms with Gasteiger partial charge in [0.05, 0.1) is 16.6 Å². The van der Waals surface area contributed by atoms with Crippen LogP contribution in [-0.4, -0.2) is 64.7 Å². The Balaban J connectivity index is 1.23. The third-order valence-corrected chi connectivity index (χ3v) is 7.19. The normalized spacial score (nSPS) is 16.3. The number of pyridine rings is 1. The maximum Gasteiger partial charge on any atom is 0.262 e. The molecule has 7 nitrogen and oxygen atoms in total. The largest absolute Gasteiger partial charge is 0.353 e. The molecule has 2 aliphatic rings. The first-order valence-corrected chi connectivity index (χ1v) is 12.5. The van der Waals surface area contributed by atoms with Crippen LogP contribution < -0.4 is 4.90 Å². The highest BCUT2D eigenvalue weighted by Gasteiger charge is 2.44. The minimum absolute atomic E-state index is 0.204. The molecule has 37 heavy (non-hydrogen) atoms. The zero-order valence-electron chi connectivity index (χ0n) is 20.3. The van der Waals surface area contributed by atoms with E-state index in [0.717, 1.165) is 27.2 Å². The molecule has 0 saturated carbocycles. The average molecular weight is 491 g/mol. The van der Waals surface area contributed by atoms with Crippen molar-refractivity contribution in [3.8, 4) is 0 Å². The summed E-state index contributed by atoms with van der Waals surface area (Å²) in [6, 6.07) is 27.5. The van der Waals surface area contributed by atoms with Crippen LogP contribution in [-0.2, 0) is 11.2 Å². The Morgan fingerprint density at radius 2 is 1.35 bits per heavy atom. The first-order chi connectivity index (χ1) is 18.1. The molecule has 3 amide bonds. The summed E-state index contributed by atoms with van der Waals surface area (Å²) in [7, 11) is 0. The highest BCUT2D eigenvalue weighted by Crippen LogP contribution is 2.27. The lowest BCUT2D eigenvalue weighted by Crippen LogP contribution is -2.56. The molecule has 1 saturated heterocycles. The van der Waals surface area contributed by atoms with Gasteiger partial charge in [-0.2, -0.15) is 0 Å². The van der Waals surface area contributed by atoms with Crippen molar-refractivity contribution in [3.63, 3.8) is 0 Å². The first-order valence-electron chi connectivity index (χ1n) is 12.5. The van der Waals surface area contributed by atoms with Gasteiger partial charge in [0, 0.05) is 38.0 Å². The zero-order valence-corrected chi connectivity index (χ0v) is 20.3. The molecule has 0 radical (unpaired) electrons. The lowest BCUT2D eigenvalue weighted by Gasteiger charge is -2.38. The van der Waals surface area contributed by atoms with Crippen LogP contribution in [0.1, 0.15) is 26.3 Å². The van der Waals surface area contributed by atoms with E-state index in [1.165, 1.54) is 0 Å². The number of rotatable bonds is 5. The molecular weight excluding hydrogens is 464 g/mol. The number of benzene rings is 3. The van der Waals surface area contributed by atoms with Crippen molar-refractivity contribution in [3.05, 3.63) is 108 Å². The van der Waals surface area contributed by atoms with Gasteiger partial charge in [-0.05, 0) is 35.9 Å². The predicted molar refractivity (Wildman–Crippen MR) is 141 cm³/mol. The van der Waals surface area contributed by atoms with Gasteiger partial charge in [0.1, 0.15) is 11.9 Å². The predicted octanol–water partition coefficient (Wildman–Crippen LogP) is 3.79. The smallest absolute Gasteiger partial charge is 0.262 e. The van der Waals surface area contributed by atoms with Crippen molar-refractivity contribution >= 4 is 34.4 Å². The Hall–Kier alpha value is -4.52. The highest BCUT2D eigenvalue weighted by atomic mass is 16.2. The van der Waals surface area contributed by atoms with E-state index in [9.17, 15) is 14.4 Å². The number of carbonyl (C=O) groups is 3. The number of hydrogen-bond donors (Lipinski definition) is 0. The van der Waals surface area contributed by atoms with E-state index in [1.54, 1.807) is 29.2 Å².